The van der Waals surface area contributed by atoms with E-state index in [9.17, 15) is 9.59 Å². The molecule has 68 valence electrons. The normalized spacial score (nSPS) is 9.38. The molecular weight excluding hydrogens is 234 g/mol. The van der Waals surface area contributed by atoms with Gasteiger partial charge in [-0.3, -0.25) is 9.59 Å². The zero-order chi connectivity index (χ0) is 9.84. The van der Waals surface area contributed by atoms with Gasteiger partial charge in [0.25, 0.3) is 0 Å². The number of halogens is 1. The molecule has 0 aliphatic heterocycles. The number of nitrogens with one attached hydrogen (secondary N) is 1. The second-order valence-electron chi connectivity index (χ2n) is 2.51. The van der Waals surface area contributed by atoms with Crippen LogP contribution in [0.25, 0.3) is 0 Å². The molecule has 0 atom stereocenters. The molecule has 0 fully saturated rings. The number of hydrogen-bond donors (Lipinski definition) is 1. The van der Waals surface area contributed by atoms with Crippen LogP contribution in [0.1, 0.15) is 17.3 Å². The van der Waals surface area contributed by atoms with E-state index in [2.05, 4.69) is 21.2 Å². The second kappa shape index (κ2) is 4.18. The Labute approximate surface area is 84.3 Å². The van der Waals surface area contributed by atoms with Gasteiger partial charge in [-0.05, 0) is 22.0 Å². The number of amides is 1. The zero-order valence-electron chi connectivity index (χ0n) is 7.00. The Bertz CT molecular complexity index is 349. The third-order valence-corrected chi connectivity index (χ3v) is 2.35. The SMILES string of the molecule is CC(=O)Nc1cccc(C=O)c1Br. The average molecular weight is 242 g/mol. The zero-order valence-corrected chi connectivity index (χ0v) is 8.59. The van der Waals surface area contributed by atoms with Gasteiger partial charge in [0, 0.05) is 12.5 Å². The first-order chi connectivity index (χ1) is 6.15. The maximum atomic E-state index is 10.7. The van der Waals surface area contributed by atoms with Crippen LogP contribution >= 0.6 is 15.9 Å². The van der Waals surface area contributed by atoms with Crippen LogP contribution in [-0.2, 0) is 4.79 Å². The van der Waals surface area contributed by atoms with Gasteiger partial charge in [-0.1, -0.05) is 12.1 Å². The predicted molar refractivity (Wildman–Crippen MR) is 53.8 cm³/mol. The van der Waals surface area contributed by atoms with Gasteiger partial charge in [0.05, 0.1) is 10.2 Å². The number of benzene rings is 1. The molecule has 0 heterocycles. The fourth-order valence-corrected chi connectivity index (χ4v) is 1.38. The van der Waals surface area contributed by atoms with Gasteiger partial charge in [0.15, 0.2) is 6.29 Å². The number of hydrogen-bond acceptors (Lipinski definition) is 2. The van der Waals surface area contributed by atoms with Crippen molar-refractivity contribution in [3.8, 4) is 0 Å². The minimum absolute atomic E-state index is 0.163. The van der Waals surface area contributed by atoms with E-state index in [0.29, 0.717) is 15.7 Å². The molecule has 1 rings (SSSR count). The van der Waals surface area contributed by atoms with Crippen molar-refractivity contribution in [2.45, 2.75) is 6.92 Å². The lowest BCUT2D eigenvalue weighted by Crippen LogP contribution is -2.06. The first-order valence-electron chi connectivity index (χ1n) is 3.66. The Morgan fingerprint density at radius 1 is 1.54 bits per heavy atom. The number of carbonyl (C=O) groups excluding carboxylic acids is 2. The summed E-state index contributed by atoms with van der Waals surface area (Å²) < 4.78 is 0.611. The third-order valence-electron chi connectivity index (χ3n) is 1.47. The van der Waals surface area contributed by atoms with Crippen LogP contribution in [0, 0.1) is 0 Å². The van der Waals surface area contributed by atoms with E-state index in [1.165, 1.54) is 6.92 Å². The summed E-state index contributed by atoms with van der Waals surface area (Å²) in [6.45, 7) is 1.42. The first-order valence-corrected chi connectivity index (χ1v) is 4.45. The van der Waals surface area contributed by atoms with E-state index in [0.717, 1.165) is 6.29 Å². The predicted octanol–water partition coefficient (Wildman–Crippen LogP) is 2.22. The van der Waals surface area contributed by atoms with Crippen molar-refractivity contribution in [3.63, 3.8) is 0 Å². The smallest absolute Gasteiger partial charge is 0.221 e. The molecule has 4 heteroatoms. The van der Waals surface area contributed by atoms with E-state index in [4.69, 9.17) is 0 Å². The van der Waals surface area contributed by atoms with E-state index in [1.807, 2.05) is 0 Å². The van der Waals surface area contributed by atoms with Crippen LogP contribution in [0.15, 0.2) is 22.7 Å². The lowest BCUT2D eigenvalue weighted by molar-refractivity contribution is -0.114. The van der Waals surface area contributed by atoms with Crippen molar-refractivity contribution in [3.05, 3.63) is 28.2 Å². The fourth-order valence-electron chi connectivity index (χ4n) is 0.927. The van der Waals surface area contributed by atoms with Crippen LogP contribution in [0.3, 0.4) is 0 Å². The van der Waals surface area contributed by atoms with Crippen molar-refractivity contribution in [2.75, 3.05) is 5.32 Å². The Kier molecular flexibility index (Phi) is 3.19. The van der Waals surface area contributed by atoms with E-state index >= 15 is 0 Å². The summed E-state index contributed by atoms with van der Waals surface area (Å²) >= 11 is 3.22. The standard InChI is InChI=1S/C9H8BrNO2/c1-6(13)11-8-4-2-3-7(5-12)9(8)10/h2-5H,1H3,(H,11,13). The number of carbonyl (C=O) groups is 2. The number of aldehydes is 1. The molecule has 1 N–H and O–H groups in total. The summed E-state index contributed by atoms with van der Waals surface area (Å²) in [5.74, 6) is -0.163. The van der Waals surface area contributed by atoms with Gasteiger partial charge in [-0.15, -0.1) is 0 Å². The molecule has 0 saturated carbocycles. The Morgan fingerprint density at radius 3 is 2.77 bits per heavy atom. The molecule has 0 bridgehead atoms. The summed E-state index contributed by atoms with van der Waals surface area (Å²) in [7, 11) is 0. The van der Waals surface area contributed by atoms with Crippen molar-refractivity contribution in [1.29, 1.82) is 0 Å². The molecular formula is C9H8BrNO2. The second-order valence-corrected chi connectivity index (χ2v) is 3.30. The van der Waals surface area contributed by atoms with Crippen molar-refractivity contribution in [2.24, 2.45) is 0 Å². The highest BCUT2D eigenvalue weighted by Crippen LogP contribution is 2.24. The van der Waals surface area contributed by atoms with E-state index in [-0.39, 0.29) is 5.91 Å². The van der Waals surface area contributed by atoms with Gasteiger partial charge < -0.3 is 5.32 Å². The monoisotopic (exact) mass is 241 g/mol. The summed E-state index contributed by atoms with van der Waals surface area (Å²) in [6, 6.07) is 5.10. The van der Waals surface area contributed by atoms with E-state index < -0.39 is 0 Å². The molecule has 0 spiro atoms. The molecule has 0 aliphatic carbocycles. The van der Waals surface area contributed by atoms with Gasteiger partial charge in [0.2, 0.25) is 5.91 Å². The molecule has 0 saturated heterocycles. The highest BCUT2D eigenvalue weighted by molar-refractivity contribution is 9.10. The average Bonchev–Trinajstić information content (AvgIpc) is 2.08. The highest BCUT2D eigenvalue weighted by atomic mass is 79.9. The lowest BCUT2D eigenvalue weighted by atomic mass is 10.2. The molecule has 0 aromatic heterocycles. The minimum atomic E-state index is -0.163. The molecule has 13 heavy (non-hydrogen) atoms. The van der Waals surface area contributed by atoms with Crippen molar-refractivity contribution < 1.29 is 9.59 Å². The quantitative estimate of drug-likeness (QED) is 0.808. The first kappa shape index (κ1) is 9.92. The fraction of sp³-hybridized carbons (Fsp3) is 0.111. The summed E-state index contributed by atoms with van der Waals surface area (Å²) in [5, 5.41) is 2.60. The van der Waals surface area contributed by atoms with Gasteiger partial charge in [-0.2, -0.15) is 0 Å². The largest absolute Gasteiger partial charge is 0.325 e. The van der Waals surface area contributed by atoms with Crippen LogP contribution in [0.2, 0.25) is 0 Å². The van der Waals surface area contributed by atoms with Gasteiger partial charge in [0.1, 0.15) is 0 Å². The number of anilines is 1. The maximum absolute atomic E-state index is 10.7. The molecule has 0 aliphatic rings. The van der Waals surface area contributed by atoms with Crippen LogP contribution in [-0.4, -0.2) is 12.2 Å². The van der Waals surface area contributed by atoms with Gasteiger partial charge in [-0.25, -0.2) is 0 Å². The van der Waals surface area contributed by atoms with Crippen LogP contribution in [0.5, 0.6) is 0 Å². The third kappa shape index (κ3) is 2.39. The topological polar surface area (TPSA) is 46.2 Å². The molecule has 0 radical (unpaired) electrons. The maximum Gasteiger partial charge on any atom is 0.221 e. The van der Waals surface area contributed by atoms with Gasteiger partial charge >= 0.3 is 0 Å². The minimum Gasteiger partial charge on any atom is -0.325 e. The van der Waals surface area contributed by atoms with Crippen molar-refractivity contribution >= 4 is 33.8 Å². The number of rotatable bonds is 2. The Morgan fingerprint density at radius 2 is 2.23 bits per heavy atom. The molecule has 1 aromatic rings. The molecule has 0 unspecified atom stereocenters. The lowest BCUT2D eigenvalue weighted by Gasteiger charge is -2.05. The summed E-state index contributed by atoms with van der Waals surface area (Å²) in [6.07, 6.45) is 0.732. The molecule has 3 nitrogen and oxygen atoms in total. The van der Waals surface area contributed by atoms with Crippen LogP contribution in [0.4, 0.5) is 5.69 Å². The Hall–Kier alpha value is -1.16. The van der Waals surface area contributed by atoms with Crippen LogP contribution < -0.4 is 5.32 Å². The summed E-state index contributed by atoms with van der Waals surface area (Å²) in [5.41, 5.74) is 1.13. The highest BCUT2D eigenvalue weighted by Gasteiger charge is 2.04. The Balaban J connectivity index is 3.07. The molecule has 1 aromatic carbocycles. The van der Waals surface area contributed by atoms with E-state index in [1.54, 1.807) is 18.2 Å². The van der Waals surface area contributed by atoms with Crippen molar-refractivity contribution in [1.82, 2.24) is 0 Å². The summed E-state index contributed by atoms with van der Waals surface area (Å²) in [4.78, 5) is 21.3. The molecule has 1 amide bonds.